The van der Waals surface area contributed by atoms with Gasteiger partial charge in [0.25, 0.3) is 5.91 Å². The minimum Gasteiger partial charge on any atom is -0.336 e. The molecule has 0 atom stereocenters. The second-order valence-electron chi connectivity index (χ2n) is 6.38. The molecule has 0 aromatic heterocycles. The summed E-state index contributed by atoms with van der Waals surface area (Å²) >= 11 is 7.34. The number of thioether (sulfide) groups is 1. The fourth-order valence-electron chi connectivity index (χ4n) is 3.13. The van der Waals surface area contributed by atoms with Gasteiger partial charge in [0.05, 0.1) is 5.69 Å². The topological polar surface area (TPSA) is 26.8 Å². The Bertz CT molecular complexity index is 716. The highest BCUT2D eigenvalue weighted by Crippen LogP contribution is 2.47. The van der Waals surface area contributed by atoms with Crippen LogP contribution in [0.2, 0.25) is 0 Å². The fraction of sp³-hybridized carbons (Fsp3) is 0.474. The highest BCUT2D eigenvalue weighted by molar-refractivity contribution is 8.03. The molecule has 1 fully saturated rings. The van der Waals surface area contributed by atoms with E-state index in [4.69, 9.17) is 12.2 Å². The maximum absolute atomic E-state index is 13.2. The van der Waals surface area contributed by atoms with E-state index in [-0.39, 0.29) is 5.91 Å². The Kier molecular flexibility index (Phi) is 5.69. The lowest BCUT2D eigenvalue weighted by Crippen LogP contribution is -2.33. The number of thiocarbonyl (C=S) groups is 1. The lowest BCUT2D eigenvalue weighted by Gasteiger charge is -2.22. The highest BCUT2D eigenvalue weighted by Gasteiger charge is 2.42. The molecule has 0 radical (unpaired) electrons. The zero-order chi connectivity index (χ0) is 18.0. The summed E-state index contributed by atoms with van der Waals surface area (Å²) in [5.41, 5.74) is 1.90. The van der Waals surface area contributed by atoms with Gasteiger partial charge in [0, 0.05) is 25.0 Å². The molecule has 134 valence electrons. The summed E-state index contributed by atoms with van der Waals surface area (Å²) in [6, 6.07) is 8.27. The number of hydrogen-bond donors (Lipinski definition) is 0. The van der Waals surface area contributed by atoms with Crippen LogP contribution < -0.4 is 4.90 Å². The van der Waals surface area contributed by atoms with E-state index in [1.807, 2.05) is 19.2 Å². The molecule has 2 heterocycles. The van der Waals surface area contributed by atoms with E-state index >= 15 is 0 Å². The number of para-hydroxylation sites is 1. The number of rotatable bonds is 6. The van der Waals surface area contributed by atoms with Crippen molar-refractivity contribution in [3.05, 3.63) is 35.0 Å². The Morgan fingerprint density at radius 3 is 2.32 bits per heavy atom. The second kappa shape index (κ2) is 7.79. The molecule has 25 heavy (non-hydrogen) atoms. The van der Waals surface area contributed by atoms with Gasteiger partial charge < -0.3 is 9.80 Å². The fourth-order valence-corrected chi connectivity index (χ4v) is 4.68. The van der Waals surface area contributed by atoms with Crippen LogP contribution in [0.15, 0.2) is 39.9 Å². The predicted molar refractivity (Wildman–Crippen MR) is 109 cm³/mol. The molecule has 1 saturated heterocycles. The normalized spacial score (nSPS) is 20.0. The largest absolute Gasteiger partial charge is 0.336 e. The summed E-state index contributed by atoms with van der Waals surface area (Å²) in [7, 11) is 2.03. The Morgan fingerprint density at radius 2 is 1.68 bits per heavy atom. The molecule has 1 aromatic carbocycles. The van der Waals surface area contributed by atoms with Crippen molar-refractivity contribution in [2.45, 2.75) is 44.4 Å². The summed E-state index contributed by atoms with van der Waals surface area (Å²) in [6.07, 6.45) is 4.12. The van der Waals surface area contributed by atoms with Crippen LogP contribution in [-0.2, 0) is 4.79 Å². The molecule has 2 aliphatic heterocycles. The van der Waals surface area contributed by atoms with Crippen LogP contribution in [0.1, 0.15) is 39.5 Å². The Balaban J connectivity index is 1.99. The number of anilines is 1. The van der Waals surface area contributed by atoms with E-state index in [2.05, 4.69) is 35.8 Å². The van der Waals surface area contributed by atoms with Crippen LogP contribution in [0.4, 0.5) is 5.69 Å². The zero-order valence-corrected chi connectivity index (χ0v) is 16.8. The number of carbonyl (C=O) groups excluding carboxylic acids is 1. The minimum atomic E-state index is 0.0525. The summed E-state index contributed by atoms with van der Waals surface area (Å²) in [6.45, 7) is 5.80. The first-order valence-corrected chi connectivity index (χ1v) is 10.2. The van der Waals surface area contributed by atoms with Crippen molar-refractivity contribution < 1.29 is 4.79 Å². The number of hydrogen-bond acceptors (Lipinski definition) is 4. The SMILES string of the molecule is CCCCN1C(=O)/C(=C2\Sc3ccccc3N2C)N(CCCC)C1=S. The van der Waals surface area contributed by atoms with E-state index in [9.17, 15) is 4.79 Å². The van der Waals surface area contributed by atoms with Crippen molar-refractivity contribution in [3.63, 3.8) is 0 Å². The first-order chi connectivity index (χ1) is 12.1. The van der Waals surface area contributed by atoms with E-state index in [0.717, 1.165) is 48.6 Å². The first-order valence-electron chi connectivity index (χ1n) is 8.98. The second-order valence-corrected chi connectivity index (χ2v) is 7.78. The maximum atomic E-state index is 13.2. The van der Waals surface area contributed by atoms with Crippen molar-refractivity contribution in [2.24, 2.45) is 0 Å². The van der Waals surface area contributed by atoms with Gasteiger partial charge in [-0.2, -0.15) is 0 Å². The number of benzene rings is 1. The van der Waals surface area contributed by atoms with Gasteiger partial charge in [-0.25, -0.2) is 0 Å². The molecule has 1 amide bonds. The van der Waals surface area contributed by atoms with Crippen molar-refractivity contribution in [1.82, 2.24) is 9.80 Å². The van der Waals surface area contributed by atoms with E-state index in [1.54, 1.807) is 16.7 Å². The molecule has 4 nitrogen and oxygen atoms in total. The molecule has 0 bridgehead atoms. The van der Waals surface area contributed by atoms with E-state index < -0.39 is 0 Å². The van der Waals surface area contributed by atoms with Crippen molar-refractivity contribution in [3.8, 4) is 0 Å². The average molecular weight is 376 g/mol. The van der Waals surface area contributed by atoms with Crippen LogP contribution in [-0.4, -0.2) is 41.0 Å². The zero-order valence-electron chi connectivity index (χ0n) is 15.1. The number of amides is 1. The highest BCUT2D eigenvalue weighted by atomic mass is 32.2. The van der Waals surface area contributed by atoms with E-state index in [0.29, 0.717) is 11.7 Å². The smallest absolute Gasteiger partial charge is 0.279 e. The third-order valence-corrected chi connectivity index (χ3v) is 6.26. The number of unbranched alkanes of at least 4 members (excludes halogenated alkanes) is 2. The molecular formula is C19H25N3OS2. The summed E-state index contributed by atoms with van der Waals surface area (Å²) in [5, 5.41) is 1.66. The first kappa shape index (κ1) is 18.3. The molecule has 1 aromatic rings. The third-order valence-electron chi connectivity index (χ3n) is 4.59. The lowest BCUT2D eigenvalue weighted by molar-refractivity contribution is -0.122. The quantitative estimate of drug-likeness (QED) is 0.542. The van der Waals surface area contributed by atoms with Crippen molar-refractivity contribution in [2.75, 3.05) is 25.0 Å². The van der Waals surface area contributed by atoms with Crippen LogP contribution in [0.3, 0.4) is 0 Å². The number of carbonyl (C=O) groups is 1. The summed E-state index contributed by atoms with van der Waals surface area (Å²) in [4.78, 5) is 20.3. The molecular weight excluding hydrogens is 350 g/mol. The minimum absolute atomic E-state index is 0.0525. The Morgan fingerprint density at radius 1 is 1.04 bits per heavy atom. The third kappa shape index (κ3) is 3.29. The molecule has 0 N–H and O–H groups in total. The standard InChI is InChI=1S/C19H25N3OS2/c1-4-6-12-21-16(17(23)22(19(21)24)13-7-5-2)18-20(3)14-10-8-9-11-15(14)25-18/h8-11H,4-7,12-13H2,1-3H3/b18-16+. The molecule has 3 rings (SSSR count). The van der Waals surface area contributed by atoms with Crippen LogP contribution in [0.5, 0.6) is 0 Å². The van der Waals surface area contributed by atoms with Gasteiger partial charge in [-0.3, -0.25) is 9.69 Å². The lowest BCUT2D eigenvalue weighted by atomic mass is 10.3. The summed E-state index contributed by atoms with van der Waals surface area (Å²) < 4.78 is 0. The summed E-state index contributed by atoms with van der Waals surface area (Å²) in [5.74, 6) is 0.0525. The average Bonchev–Trinajstić information content (AvgIpc) is 3.06. The number of fused-ring (bicyclic) bond motifs is 1. The van der Waals surface area contributed by atoms with Gasteiger partial charge in [0.2, 0.25) is 0 Å². The molecule has 2 aliphatic rings. The van der Waals surface area contributed by atoms with Crippen molar-refractivity contribution >= 4 is 40.7 Å². The van der Waals surface area contributed by atoms with Crippen LogP contribution in [0.25, 0.3) is 0 Å². The van der Waals surface area contributed by atoms with Crippen LogP contribution >= 0.6 is 24.0 Å². The monoisotopic (exact) mass is 375 g/mol. The molecule has 0 unspecified atom stereocenters. The van der Waals surface area contributed by atoms with E-state index in [1.165, 1.54) is 4.90 Å². The van der Waals surface area contributed by atoms with Crippen molar-refractivity contribution in [1.29, 1.82) is 0 Å². The van der Waals surface area contributed by atoms with Gasteiger partial charge in [-0.05, 0) is 37.2 Å². The maximum Gasteiger partial charge on any atom is 0.279 e. The van der Waals surface area contributed by atoms with Gasteiger partial charge in [0.15, 0.2) is 5.11 Å². The molecule has 0 saturated carbocycles. The molecule has 6 heteroatoms. The van der Waals surface area contributed by atoms with Gasteiger partial charge in [-0.15, -0.1) is 0 Å². The van der Waals surface area contributed by atoms with Crippen LogP contribution in [0, 0.1) is 0 Å². The van der Waals surface area contributed by atoms with Gasteiger partial charge in [0.1, 0.15) is 10.7 Å². The van der Waals surface area contributed by atoms with Gasteiger partial charge in [-0.1, -0.05) is 50.6 Å². The Hall–Kier alpha value is -1.53. The van der Waals surface area contributed by atoms with Gasteiger partial charge >= 0.3 is 0 Å². The number of nitrogens with zero attached hydrogens (tertiary/aromatic N) is 3. The molecule has 0 aliphatic carbocycles. The molecule has 0 spiro atoms. The predicted octanol–water partition coefficient (Wildman–Crippen LogP) is 4.43. The Labute approximate surface area is 159 Å².